The summed E-state index contributed by atoms with van der Waals surface area (Å²) in [7, 11) is 0. The molecule has 0 rings (SSSR count). The first kappa shape index (κ1) is 18.3. The number of hydrogen-bond donors (Lipinski definition) is 3. The summed E-state index contributed by atoms with van der Waals surface area (Å²) in [6.45, 7) is 0. The van der Waals surface area contributed by atoms with Gasteiger partial charge in [0.15, 0.2) is 0 Å². The van der Waals surface area contributed by atoms with Crippen molar-refractivity contribution in [2.45, 2.75) is 0 Å². The van der Waals surface area contributed by atoms with Crippen molar-refractivity contribution in [2.75, 3.05) is 0 Å². The number of nitrogens with two attached hydrogens (primary N) is 3. The molecule has 0 fully saturated rings. The molecular formula is CH6N3NaO5S2. The van der Waals surface area contributed by atoms with Gasteiger partial charge in [-0.2, -0.15) is 0 Å². The van der Waals surface area contributed by atoms with Crippen LogP contribution >= 0.6 is 0 Å². The summed E-state index contributed by atoms with van der Waals surface area (Å²) in [4.78, 5) is 0. The van der Waals surface area contributed by atoms with Gasteiger partial charge in [-0.25, -0.2) is 12.0 Å². The Morgan fingerprint density at radius 3 is 1.42 bits per heavy atom. The summed E-state index contributed by atoms with van der Waals surface area (Å²) < 4.78 is 39.9. The summed E-state index contributed by atoms with van der Waals surface area (Å²) in [6, 6.07) is 0. The second-order valence-electron chi connectivity index (χ2n) is 0.976. The Balaban J connectivity index is -0.000000142. The van der Waals surface area contributed by atoms with Crippen molar-refractivity contribution in [2.24, 2.45) is 11.5 Å². The van der Waals surface area contributed by atoms with E-state index < -0.39 is 22.7 Å². The number of guanidine groups is 1. The molecule has 0 aromatic rings. The maximum absolute atomic E-state index is 9.19. The average molecular weight is 227 g/mol. The fraction of sp³-hybridized carbons (Fsp3) is 0. The minimum absolute atomic E-state index is 0. The minimum Gasteiger partial charge on any atom is -0.749 e. The van der Waals surface area contributed by atoms with E-state index in [1.807, 2.05) is 0 Å². The van der Waals surface area contributed by atoms with Gasteiger partial charge in [-0.3, -0.25) is 16.9 Å². The van der Waals surface area contributed by atoms with Crippen molar-refractivity contribution in [1.29, 1.82) is 0 Å². The zero-order chi connectivity index (χ0) is 9.44. The molecule has 0 heterocycles. The Kier molecular flexibility index (Phi) is 17.4. The van der Waals surface area contributed by atoms with Crippen LogP contribution in [0.3, 0.4) is 0 Å². The van der Waals surface area contributed by atoms with Crippen molar-refractivity contribution in [1.82, 2.24) is 0 Å². The summed E-state index contributed by atoms with van der Waals surface area (Å²) >= 11 is -5.92. The Bertz CT molecular complexity index is 158. The van der Waals surface area contributed by atoms with Gasteiger partial charge < -0.3 is 9.11 Å². The molecule has 0 saturated heterocycles. The van der Waals surface area contributed by atoms with E-state index in [1.54, 1.807) is 0 Å². The van der Waals surface area contributed by atoms with E-state index in [1.165, 1.54) is 0 Å². The molecule has 0 unspecified atom stereocenters. The molecule has 0 radical (unpaired) electrons. The Hall–Kier alpha value is 0.450. The van der Waals surface area contributed by atoms with E-state index in [0.717, 1.165) is 0 Å². The SMILES string of the molecule is NC(N)=[NH2+].O=S([O-])OS(=O)[O-].[Na+]. The molecule has 0 bridgehead atoms. The van der Waals surface area contributed by atoms with Crippen molar-refractivity contribution in [3.05, 3.63) is 0 Å². The third kappa shape index (κ3) is 47.1. The smallest absolute Gasteiger partial charge is 0.749 e. The summed E-state index contributed by atoms with van der Waals surface area (Å²) in [5.74, 6) is -0.0833. The topological polar surface area (TPSA) is 167 Å². The van der Waals surface area contributed by atoms with Gasteiger partial charge in [0.2, 0.25) is 0 Å². The van der Waals surface area contributed by atoms with Crippen molar-refractivity contribution < 1.29 is 56.1 Å². The maximum atomic E-state index is 9.19. The van der Waals surface area contributed by atoms with Crippen LogP contribution in [0.15, 0.2) is 0 Å². The van der Waals surface area contributed by atoms with Gasteiger partial charge >= 0.3 is 35.5 Å². The van der Waals surface area contributed by atoms with E-state index in [4.69, 9.17) is 0 Å². The van der Waals surface area contributed by atoms with Gasteiger partial charge in [-0.1, -0.05) is 0 Å². The fourth-order valence-electron chi connectivity index (χ4n) is 0.0454. The molecular weight excluding hydrogens is 221 g/mol. The molecule has 0 saturated carbocycles. The molecule has 11 heteroatoms. The third-order valence-electron chi connectivity index (χ3n) is 0.111. The van der Waals surface area contributed by atoms with Crippen LogP contribution in [0.2, 0.25) is 0 Å². The summed E-state index contributed by atoms with van der Waals surface area (Å²) in [5.41, 5.74) is 9.17. The Morgan fingerprint density at radius 2 is 1.42 bits per heavy atom. The molecule has 0 aromatic carbocycles. The number of rotatable bonds is 2. The first-order valence-corrected chi connectivity index (χ1v) is 3.87. The van der Waals surface area contributed by atoms with Crippen LogP contribution in [0.4, 0.5) is 0 Å². The van der Waals surface area contributed by atoms with Gasteiger partial charge in [0.25, 0.3) is 0 Å². The van der Waals surface area contributed by atoms with Crippen molar-refractivity contribution >= 4 is 28.7 Å². The van der Waals surface area contributed by atoms with E-state index in [9.17, 15) is 17.5 Å². The van der Waals surface area contributed by atoms with Gasteiger partial charge in [-0.05, 0) is 0 Å². The predicted octanol–water partition coefficient (Wildman–Crippen LogP) is -7.39. The van der Waals surface area contributed by atoms with Crippen LogP contribution in [-0.2, 0) is 26.4 Å². The molecule has 8 nitrogen and oxygen atoms in total. The van der Waals surface area contributed by atoms with Gasteiger partial charge in [0.1, 0.15) is 0 Å². The van der Waals surface area contributed by atoms with Crippen LogP contribution in [-0.4, -0.2) is 23.5 Å². The molecule has 0 atom stereocenters. The predicted molar refractivity (Wildman–Crippen MR) is 34.2 cm³/mol. The minimum atomic E-state index is -2.96. The maximum Gasteiger partial charge on any atom is 1.00 e. The largest absolute Gasteiger partial charge is 1.00 e. The molecule has 0 amide bonds. The molecule has 0 aromatic heterocycles. The molecule has 12 heavy (non-hydrogen) atoms. The quantitative estimate of drug-likeness (QED) is 0.182. The Labute approximate surface area is 95.8 Å². The van der Waals surface area contributed by atoms with Crippen molar-refractivity contribution in [3.63, 3.8) is 0 Å². The van der Waals surface area contributed by atoms with Crippen LogP contribution < -0.4 is 46.4 Å². The molecule has 0 spiro atoms. The normalized spacial score (nSPS) is 12.8. The van der Waals surface area contributed by atoms with Crippen LogP contribution in [0.5, 0.6) is 0 Å². The van der Waals surface area contributed by atoms with Crippen LogP contribution in [0, 0.1) is 0 Å². The van der Waals surface area contributed by atoms with Crippen molar-refractivity contribution in [3.8, 4) is 0 Å². The van der Waals surface area contributed by atoms with Crippen LogP contribution in [0.1, 0.15) is 0 Å². The molecule has 0 aliphatic rings. The first-order valence-electron chi connectivity index (χ1n) is 1.87. The third-order valence-corrected chi connectivity index (χ3v) is 1.00. The average Bonchev–Trinajstić information content (AvgIpc) is 1.56. The molecule has 0 aliphatic carbocycles. The molecule has 68 valence electrons. The monoisotopic (exact) mass is 227 g/mol. The first-order chi connectivity index (χ1) is 4.86. The second kappa shape index (κ2) is 11.4. The molecule has 0 aliphatic heterocycles. The standard InChI is InChI=1S/CH5N3.Na.H2O5S2/c2-1(3)4;;1-6(2)5-7(3)4/h(H5,2,3,4);;(H,1,2)(H,3,4)/q;+1;/p-1. The van der Waals surface area contributed by atoms with E-state index in [0.29, 0.717) is 0 Å². The Morgan fingerprint density at radius 1 is 1.25 bits per heavy atom. The van der Waals surface area contributed by atoms with Gasteiger partial charge in [0, 0.05) is 0 Å². The fourth-order valence-corrected chi connectivity index (χ4v) is 0.408. The zero-order valence-electron chi connectivity index (χ0n) is 6.09. The van der Waals surface area contributed by atoms with Crippen LogP contribution in [0.25, 0.3) is 0 Å². The van der Waals surface area contributed by atoms with E-state index in [-0.39, 0.29) is 35.5 Å². The second-order valence-corrected chi connectivity index (χ2v) is 2.34. The molecule has 6 N–H and O–H groups in total. The summed E-state index contributed by atoms with van der Waals surface area (Å²) in [6.07, 6.45) is 0. The number of hydrogen-bond acceptors (Lipinski definition) is 5. The van der Waals surface area contributed by atoms with E-state index >= 15 is 0 Å². The zero-order valence-corrected chi connectivity index (χ0v) is 9.72. The van der Waals surface area contributed by atoms with Gasteiger partial charge in [-0.15, -0.1) is 0 Å². The van der Waals surface area contributed by atoms with E-state index in [2.05, 4.69) is 20.5 Å². The summed E-state index contributed by atoms with van der Waals surface area (Å²) in [5, 5.41) is 4.58. The van der Waals surface area contributed by atoms with Gasteiger partial charge in [0.05, 0.1) is 22.7 Å².